The van der Waals surface area contributed by atoms with Crippen LogP contribution in [0.2, 0.25) is 10.0 Å². The van der Waals surface area contributed by atoms with Gasteiger partial charge in [0.15, 0.2) is 0 Å². The van der Waals surface area contributed by atoms with E-state index in [0.29, 0.717) is 0 Å². The van der Waals surface area contributed by atoms with Gasteiger partial charge in [-0.2, -0.15) is 0 Å². The van der Waals surface area contributed by atoms with Gasteiger partial charge in [-0.25, -0.2) is 0 Å². The summed E-state index contributed by atoms with van der Waals surface area (Å²) < 4.78 is 3.23. The highest BCUT2D eigenvalue weighted by molar-refractivity contribution is 8.00. The molecule has 0 bridgehead atoms. The third-order valence-corrected chi connectivity index (χ3v) is 3.63. The zero-order valence-electron chi connectivity index (χ0n) is 9.21. The topological polar surface area (TPSA) is 12.0 Å². The fourth-order valence-electron chi connectivity index (χ4n) is 1.33. The predicted octanol–water partition coefficient (Wildman–Crippen LogP) is 5.42. The lowest BCUT2D eigenvalue weighted by Crippen LogP contribution is -1.88. The SMILES string of the molecule is Cc1ccc(Cl)c(NSc2ccc(Cl)cc2)c1. The maximum absolute atomic E-state index is 6.09. The molecular formula is C13H11Cl2NS. The van der Waals surface area contributed by atoms with E-state index in [1.54, 1.807) is 0 Å². The maximum Gasteiger partial charge on any atom is 0.0646 e. The van der Waals surface area contributed by atoms with Crippen molar-refractivity contribution >= 4 is 40.8 Å². The molecule has 0 unspecified atom stereocenters. The zero-order chi connectivity index (χ0) is 12.3. The molecule has 0 atom stereocenters. The van der Waals surface area contributed by atoms with Gasteiger partial charge in [0.25, 0.3) is 0 Å². The van der Waals surface area contributed by atoms with E-state index in [1.807, 2.05) is 49.4 Å². The van der Waals surface area contributed by atoms with Gasteiger partial charge in [-0.3, -0.25) is 0 Å². The molecule has 0 spiro atoms. The third kappa shape index (κ3) is 3.56. The molecule has 0 saturated heterocycles. The van der Waals surface area contributed by atoms with E-state index in [0.717, 1.165) is 20.6 Å². The summed E-state index contributed by atoms with van der Waals surface area (Å²) in [6, 6.07) is 13.5. The summed E-state index contributed by atoms with van der Waals surface area (Å²) in [6.07, 6.45) is 0. The monoisotopic (exact) mass is 283 g/mol. The van der Waals surface area contributed by atoms with Gasteiger partial charge < -0.3 is 4.72 Å². The first-order valence-corrected chi connectivity index (χ1v) is 6.67. The molecule has 0 aliphatic rings. The number of nitrogens with one attached hydrogen (secondary N) is 1. The van der Waals surface area contributed by atoms with Crippen LogP contribution in [-0.4, -0.2) is 0 Å². The second-order valence-electron chi connectivity index (χ2n) is 3.64. The van der Waals surface area contributed by atoms with E-state index in [2.05, 4.69) is 4.72 Å². The normalized spacial score (nSPS) is 10.3. The number of hydrogen-bond acceptors (Lipinski definition) is 2. The van der Waals surface area contributed by atoms with Crippen LogP contribution in [0.4, 0.5) is 5.69 Å². The number of anilines is 1. The quantitative estimate of drug-likeness (QED) is 0.755. The van der Waals surface area contributed by atoms with Crippen molar-refractivity contribution in [3.05, 3.63) is 58.1 Å². The Hall–Kier alpha value is -0.830. The molecule has 0 aliphatic heterocycles. The van der Waals surface area contributed by atoms with Crippen molar-refractivity contribution in [3.63, 3.8) is 0 Å². The van der Waals surface area contributed by atoms with E-state index >= 15 is 0 Å². The van der Waals surface area contributed by atoms with Crippen LogP contribution in [0, 0.1) is 6.92 Å². The molecular weight excluding hydrogens is 273 g/mol. The van der Waals surface area contributed by atoms with Crippen LogP contribution in [0.1, 0.15) is 5.56 Å². The largest absolute Gasteiger partial charge is 0.324 e. The Morgan fingerprint density at radius 1 is 1.00 bits per heavy atom. The first kappa shape index (κ1) is 12.6. The fraction of sp³-hybridized carbons (Fsp3) is 0.0769. The van der Waals surface area contributed by atoms with Crippen LogP contribution in [-0.2, 0) is 0 Å². The standard InChI is InChI=1S/C13H11Cl2NS/c1-9-2-7-12(15)13(8-9)16-17-11-5-3-10(14)4-6-11/h2-8,16H,1H3. The number of aryl methyl sites for hydroxylation is 1. The van der Waals surface area contributed by atoms with Gasteiger partial charge in [-0.15, -0.1) is 0 Å². The molecule has 88 valence electrons. The second-order valence-corrected chi connectivity index (χ2v) is 5.36. The molecule has 2 aromatic rings. The molecule has 0 saturated carbocycles. The summed E-state index contributed by atoms with van der Waals surface area (Å²) in [5.74, 6) is 0. The van der Waals surface area contributed by atoms with Crippen molar-refractivity contribution in [1.82, 2.24) is 0 Å². The van der Waals surface area contributed by atoms with E-state index in [4.69, 9.17) is 23.2 Å². The van der Waals surface area contributed by atoms with Gasteiger partial charge >= 0.3 is 0 Å². The Labute approximate surface area is 115 Å². The molecule has 0 aromatic heterocycles. The summed E-state index contributed by atoms with van der Waals surface area (Å²) in [6.45, 7) is 2.04. The lowest BCUT2D eigenvalue weighted by molar-refractivity contribution is 1.45. The zero-order valence-corrected chi connectivity index (χ0v) is 11.5. The molecule has 0 aliphatic carbocycles. The van der Waals surface area contributed by atoms with Crippen LogP contribution in [0.15, 0.2) is 47.4 Å². The molecule has 0 radical (unpaired) electrons. The summed E-state index contributed by atoms with van der Waals surface area (Å²) >= 11 is 13.4. The second kappa shape index (κ2) is 5.67. The Morgan fingerprint density at radius 3 is 2.41 bits per heavy atom. The van der Waals surface area contributed by atoms with E-state index in [9.17, 15) is 0 Å². The van der Waals surface area contributed by atoms with Crippen molar-refractivity contribution in [3.8, 4) is 0 Å². The van der Waals surface area contributed by atoms with Gasteiger partial charge in [0.2, 0.25) is 0 Å². The Balaban J connectivity index is 2.07. The molecule has 1 nitrogen and oxygen atoms in total. The van der Waals surface area contributed by atoms with Gasteiger partial charge in [0, 0.05) is 9.92 Å². The number of benzene rings is 2. The summed E-state index contributed by atoms with van der Waals surface area (Å²) in [5.41, 5.74) is 2.10. The van der Waals surface area contributed by atoms with Crippen LogP contribution < -0.4 is 4.72 Å². The number of halogens is 2. The van der Waals surface area contributed by atoms with Gasteiger partial charge in [0.1, 0.15) is 0 Å². The van der Waals surface area contributed by atoms with E-state index < -0.39 is 0 Å². The highest BCUT2D eigenvalue weighted by Crippen LogP contribution is 2.28. The predicted molar refractivity (Wildman–Crippen MR) is 77.1 cm³/mol. The fourth-order valence-corrected chi connectivity index (χ4v) is 2.35. The van der Waals surface area contributed by atoms with Crippen molar-refractivity contribution in [1.29, 1.82) is 0 Å². The van der Waals surface area contributed by atoms with Crippen molar-refractivity contribution in [2.24, 2.45) is 0 Å². The summed E-state index contributed by atoms with van der Waals surface area (Å²) in [7, 11) is 0. The highest BCUT2D eigenvalue weighted by atomic mass is 35.5. The average molecular weight is 284 g/mol. The first-order valence-electron chi connectivity index (χ1n) is 5.10. The van der Waals surface area contributed by atoms with Gasteiger partial charge in [-0.05, 0) is 60.8 Å². The van der Waals surface area contributed by atoms with Crippen LogP contribution in [0.3, 0.4) is 0 Å². The maximum atomic E-state index is 6.09. The molecule has 0 fully saturated rings. The smallest absolute Gasteiger partial charge is 0.0646 e. The molecule has 0 amide bonds. The van der Waals surface area contributed by atoms with E-state index in [-0.39, 0.29) is 0 Å². The minimum absolute atomic E-state index is 0.720. The number of hydrogen-bond donors (Lipinski definition) is 1. The van der Waals surface area contributed by atoms with Crippen LogP contribution in [0.25, 0.3) is 0 Å². The minimum Gasteiger partial charge on any atom is -0.324 e. The number of rotatable bonds is 3. The van der Waals surface area contributed by atoms with Gasteiger partial charge in [-0.1, -0.05) is 29.3 Å². The molecule has 2 aromatic carbocycles. The van der Waals surface area contributed by atoms with Gasteiger partial charge in [0.05, 0.1) is 10.7 Å². The average Bonchev–Trinajstić information content (AvgIpc) is 2.32. The first-order chi connectivity index (χ1) is 8.15. The molecule has 4 heteroatoms. The van der Waals surface area contributed by atoms with Crippen LogP contribution >= 0.6 is 35.1 Å². The minimum atomic E-state index is 0.720. The lowest BCUT2D eigenvalue weighted by atomic mass is 10.2. The lowest BCUT2D eigenvalue weighted by Gasteiger charge is -2.08. The molecule has 2 rings (SSSR count). The van der Waals surface area contributed by atoms with E-state index in [1.165, 1.54) is 17.5 Å². The van der Waals surface area contributed by atoms with Crippen LogP contribution in [0.5, 0.6) is 0 Å². The Bertz CT molecular complexity index is 511. The Kier molecular flexibility index (Phi) is 4.21. The third-order valence-electron chi connectivity index (χ3n) is 2.21. The van der Waals surface area contributed by atoms with Crippen molar-refractivity contribution in [2.75, 3.05) is 4.72 Å². The highest BCUT2D eigenvalue weighted by Gasteiger charge is 2.01. The molecule has 1 N–H and O–H groups in total. The summed E-state index contributed by atoms with van der Waals surface area (Å²) in [5, 5.41) is 1.46. The molecule has 17 heavy (non-hydrogen) atoms. The Morgan fingerprint density at radius 2 is 1.71 bits per heavy atom. The van der Waals surface area contributed by atoms with Crippen molar-refractivity contribution in [2.45, 2.75) is 11.8 Å². The molecule has 0 heterocycles. The summed E-state index contributed by atoms with van der Waals surface area (Å²) in [4.78, 5) is 1.09. The van der Waals surface area contributed by atoms with Crippen molar-refractivity contribution < 1.29 is 0 Å².